The Bertz CT molecular complexity index is 577. The molecule has 0 radical (unpaired) electrons. The Morgan fingerprint density at radius 2 is 1.84 bits per heavy atom. The van der Waals surface area contributed by atoms with Crippen molar-refractivity contribution in [2.75, 3.05) is 45.6 Å². The third kappa shape index (κ3) is 9.08. The van der Waals surface area contributed by atoms with Crippen LogP contribution in [0.3, 0.4) is 0 Å². The Hall–Kier alpha value is -2.11. The molecule has 0 fully saturated rings. The van der Waals surface area contributed by atoms with Gasteiger partial charge < -0.3 is 20.9 Å². The van der Waals surface area contributed by atoms with Crippen LogP contribution in [-0.4, -0.2) is 62.0 Å². The molecule has 0 saturated carbocycles. The molecule has 0 saturated heterocycles. The molecule has 1 rings (SSSR count). The largest absolute Gasteiger partial charge is 0.383 e. The summed E-state index contributed by atoms with van der Waals surface area (Å²) in [6.07, 6.45) is 0. The summed E-state index contributed by atoms with van der Waals surface area (Å²) in [7, 11) is 3.37. The number of nitrogens with one attached hydrogen (secondary N) is 3. The molecule has 0 aliphatic heterocycles. The van der Waals surface area contributed by atoms with Gasteiger partial charge in [-0.3, -0.25) is 14.9 Å². The van der Waals surface area contributed by atoms with Gasteiger partial charge in [-0.2, -0.15) is 0 Å². The number of carbonyl (C=O) groups excluding carboxylic acids is 1. The molecule has 0 spiro atoms. The van der Waals surface area contributed by atoms with E-state index in [9.17, 15) is 14.9 Å². The Balaban J connectivity index is 0.00000576. The van der Waals surface area contributed by atoms with E-state index in [0.717, 1.165) is 5.69 Å². The van der Waals surface area contributed by atoms with Gasteiger partial charge in [0.1, 0.15) is 6.54 Å². The summed E-state index contributed by atoms with van der Waals surface area (Å²) in [6.45, 7) is 3.90. The molecule has 10 heteroatoms. The SMILES string of the molecule is CCNC(=NCC(=O)N(C)C)NCCNc1ccc([N+](=O)[O-])cc1.I. The fraction of sp³-hybridized carbons (Fsp3) is 0.467. The van der Waals surface area contributed by atoms with Gasteiger partial charge in [0.15, 0.2) is 5.96 Å². The van der Waals surface area contributed by atoms with Crippen LogP contribution in [0.2, 0.25) is 0 Å². The minimum atomic E-state index is -0.431. The van der Waals surface area contributed by atoms with E-state index in [1.165, 1.54) is 17.0 Å². The minimum Gasteiger partial charge on any atom is -0.383 e. The molecule has 1 amide bonds. The van der Waals surface area contributed by atoms with Crippen molar-refractivity contribution in [1.29, 1.82) is 0 Å². The second-order valence-electron chi connectivity index (χ2n) is 5.14. The van der Waals surface area contributed by atoms with Crippen molar-refractivity contribution in [3.8, 4) is 0 Å². The van der Waals surface area contributed by atoms with Crippen molar-refractivity contribution < 1.29 is 9.72 Å². The highest BCUT2D eigenvalue weighted by Crippen LogP contribution is 2.14. The maximum absolute atomic E-state index is 11.5. The maximum atomic E-state index is 11.5. The molecule has 0 aliphatic carbocycles. The molecule has 9 nitrogen and oxygen atoms in total. The van der Waals surface area contributed by atoms with Gasteiger partial charge in [-0.1, -0.05) is 0 Å². The highest BCUT2D eigenvalue weighted by Gasteiger charge is 2.05. The lowest BCUT2D eigenvalue weighted by atomic mass is 10.3. The summed E-state index contributed by atoms with van der Waals surface area (Å²) < 4.78 is 0. The lowest BCUT2D eigenvalue weighted by Crippen LogP contribution is -2.40. The number of likely N-dealkylation sites (N-methyl/N-ethyl adjacent to an activating group) is 1. The number of hydrogen-bond acceptors (Lipinski definition) is 5. The standard InChI is InChI=1S/C15H24N6O3.HI/c1-4-16-15(19-11-14(22)20(2)3)18-10-9-17-12-5-7-13(8-6-12)21(23)24;/h5-8,17H,4,9-11H2,1-3H3,(H2,16,18,19);1H. The molecule has 1 aromatic carbocycles. The first kappa shape index (κ1) is 22.9. The number of carbonyl (C=O) groups is 1. The number of amides is 1. The smallest absolute Gasteiger partial charge is 0.269 e. The first-order chi connectivity index (χ1) is 11.4. The average molecular weight is 464 g/mol. The van der Waals surface area contributed by atoms with E-state index < -0.39 is 4.92 Å². The van der Waals surface area contributed by atoms with Crippen LogP contribution in [0, 0.1) is 10.1 Å². The van der Waals surface area contributed by atoms with Crippen molar-refractivity contribution in [1.82, 2.24) is 15.5 Å². The molecular weight excluding hydrogens is 439 g/mol. The molecular formula is C15H25IN6O3. The van der Waals surface area contributed by atoms with Crippen LogP contribution in [0.25, 0.3) is 0 Å². The Morgan fingerprint density at radius 3 is 2.36 bits per heavy atom. The Kier molecular flexibility index (Phi) is 11.2. The predicted octanol–water partition coefficient (Wildman–Crippen LogP) is 1.27. The van der Waals surface area contributed by atoms with Gasteiger partial charge in [0.05, 0.1) is 4.92 Å². The summed E-state index contributed by atoms with van der Waals surface area (Å²) in [5.74, 6) is 0.495. The van der Waals surface area contributed by atoms with Gasteiger partial charge in [-0.15, -0.1) is 24.0 Å². The molecule has 0 aliphatic rings. The second-order valence-corrected chi connectivity index (χ2v) is 5.14. The lowest BCUT2D eigenvalue weighted by Gasteiger charge is -2.13. The number of halogens is 1. The summed E-state index contributed by atoms with van der Waals surface area (Å²) in [5.41, 5.74) is 0.859. The molecule has 0 atom stereocenters. The fourth-order valence-electron chi connectivity index (χ4n) is 1.72. The molecule has 25 heavy (non-hydrogen) atoms. The molecule has 3 N–H and O–H groups in total. The first-order valence-electron chi connectivity index (χ1n) is 7.64. The van der Waals surface area contributed by atoms with Crippen LogP contribution in [0.15, 0.2) is 29.3 Å². The van der Waals surface area contributed by atoms with Gasteiger partial charge >= 0.3 is 0 Å². The van der Waals surface area contributed by atoms with E-state index in [1.807, 2.05) is 6.92 Å². The number of anilines is 1. The van der Waals surface area contributed by atoms with Crippen LogP contribution in [-0.2, 0) is 4.79 Å². The third-order valence-electron chi connectivity index (χ3n) is 3.04. The number of non-ortho nitro benzene ring substituents is 1. The quantitative estimate of drug-likeness (QED) is 0.133. The van der Waals surface area contributed by atoms with E-state index >= 15 is 0 Å². The van der Waals surface area contributed by atoms with E-state index in [2.05, 4.69) is 20.9 Å². The number of aliphatic imine (C=N–C) groups is 1. The number of hydrogen-bond donors (Lipinski definition) is 3. The van der Waals surface area contributed by atoms with E-state index in [0.29, 0.717) is 25.6 Å². The molecule has 0 aromatic heterocycles. The van der Waals surface area contributed by atoms with Crippen LogP contribution in [0.1, 0.15) is 6.92 Å². The third-order valence-corrected chi connectivity index (χ3v) is 3.04. The van der Waals surface area contributed by atoms with Gasteiger partial charge in [0, 0.05) is 51.5 Å². The first-order valence-corrected chi connectivity index (χ1v) is 7.64. The molecule has 0 unspecified atom stereocenters. The second kappa shape index (κ2) is 12.3. The monoisotopic (exact) mass is 464 g/mol. The van der Waals surface area contributed by atoms with Crippen molar-refractivity contribution in [2.24, 2.45) is 4.99 Å². The Labute approximate surface area is 164 Å². The topological polar surface area (TPSA) is 112 Å². The summed E-state index contributed by atoms with van der Waals surface area (Å²) >= 11 is 0. The number of guanidine groups is 1. The number of rotatable bonds is 8. The highest BCUT2D eigenvalue weighted by molar-refractivity contribution is 14.0. The summed E-state index contributed by atoms with van der Waals surface area (Å²) in [5, 5.41) is 19.9. The average Bonchev–Trinajstić information content (AvgIpc) is 2.56. The van der Waals surface area contributed by atoms with Crippen molar-refractivity contribution in [3.05, 3.63) is 34.4 Å². The fourth-order valence-corrected chi connectivity index (χ4v) is 1.72. The number of benzene rings is 1. The summed E-state index contributed by atoms with van der Waals surface area (Å²) in [6, 6.07) is 6.22. The van der Waals surface area contributed by atoms with Gasteiger partial charge in [0.25, 0.3) is 5.69 Å². The van der Waals surface area contributed by atoms with Gasteiger partial charge in [-0.05, 0) is 19.1 Å². The van der Waals surface area contributed by atoms with E-state index in [-0.39, 0.29) is 42.1 Å². The molecule has 140 valence electrons. The van der Waals surface area contributed by atoms with Crippen LogP contribution in [0.5, 0.6) is 0 Å². The zero-order valence-corrected chi connectivity index (χ0v) is 16.9. The van der Waals surface area contributed by atoms with Crippen molar-refractivity contribution >= 4 is 47.2 Å². The molecule has 1 aromatic rings. The zero-order valence-electron chi connectivity index (χ0n) is 14.6. The lowest BCUT2D eigenvalue weighted by molar-refractivity contribution is -0.384. The van der Waals surface area contributed by atoms with Crippen molar-refractivity contribution in [3.63, 3.8) is 0 Å². The number of nitro groups is 1. The number of nitrogens with zero attached hydrogens (tertiary/aromatic N) is 3. The van der Waals surface area contributed by atoms with Crippen molar-refractivity contribution in [2.45, 2.75) is 6.92 Å². The van der Waals surface area contributed by atoms with Crippen LogP contribution >= 0.6 is 24.0 Å². The summed E-state index contributed by atoms with van der Waals surface area (Å²) in [4.78, 5) is 27.4. The van der Waals surface area contributed by atoms with Gasteiger partial charge in [0.2, 0.25) is 5.91 Å². The van der Waals surface area contributed by atoms with E-state index in [4.69, 9.17) is 0 Å². The predicted molar refractivity (Wildman–Crippen MR) is 110 cm³/mol. The molecule has 0 bridgehead atoms. The maximum Gasteiger partial charge on any atom is 0.269 e. The van der Waals surface area contributed by atoms with Crippen LogP contribution < -0.4 is 16.0 Å². The van der Waals surface area contributed by atoms with Crippen LogP contribution in [0.4, 0.5) is 11.4 Å². The number of nitro benzene ring substituents is 1. The Morgan fingerprint density at radius 1 is 1.20 bits per heavy atom. The van der Waals surface area contributed by atoms with Gasteiger partial charge in [-0.25, -0.2) is 4.99 Å². The normalized spacial score (nSPS) is 10.4. The van der Waals surface area contributed by atoms with E-state index in [1.54, 1.807) is 26.2 Å². The minimum absolute atomic E-state index is 0. The highest BCUT2D eigenvalue weighted by atomic mass is 127. The zero-order chi connectivity index (χ0) is 17.9. The molecule has 0 heterocycles.